The van der Waals surface area contributed by atoms with E-state index in [1.807, 2.05) is 77.7 Å². The SMILES string of the molecule is CC(C)c1ccccc1N1C(=O)CSC1c1ccccc1NC(=O)CCc1ccccc1. The monoisotopic (exact) mass is 444 g/mol. The number of para-hydroxylation sites is 2. The summed E-state index contributed by atoms with van der Waals surface area (Å²) in [6.45, 7) is 4.28. The zero-order chi connectivity index (χ0) is 22.5. The largest absolute Gasteiger partial charge is 0.326 e. The molecular weight excluding hydrogens is 416 g/mol. The van der Waals surface area contributed by atoms with Crippen molar-refractivity contribution in [3.8, 4) is 0 Å². The fourth-order valence-corrected chi connectivity index (χ4v) is 5.26. The van der Waals surface area contributed by atoms with Gasteiger partial charge in [0.2, 0.25) is 11.8 Å². The number of thioether (sulfide) groups is 1. The molecule has 4 nitrogen and oxygen atoms in total. The molecule has 0 aromatic heterocycles. The lowest BCUT2D eigenvalue weighted by molar-refractivity contribution is -0.116. The van der Waals surface area contributed by atoms with Crippen molar-refractivity contribution in [3.63, 3.8) is 0 Å². The van der Waals surface area contributed by atoms with Crippen molar-refractivity contribution in [1.29, 1.82) is 0 Å². The Balaban J connectivity index is 1.57. The maximum absolute atomic E-state index is 12.9. The van der Waals surface area contributed by atoms with Gasteiger partial charge in [-0.2, -0.15) is 0 Å². The van der Waals surface area contributed by atoms with Gasteiger partial charge in [0.15, 0.2) is 0 Å². The Hall–Kier alpha value is -3.05. The van der Waals surface area contributed by atoms with Gasteiger partial charge in [0.05, 0.1) is 5.75 Å². The summed E-state index contributed by atoms with van der Waals surface area (Å²) in [7, 11) is 0. The molecule has 1 aliphatic heterocycles. The topological polar surface area (TPSA) is 49.4 Å². The van der Waals surface area contributed by atoms with Gasteiger partial charge in [-0.3, -0.25) is 14.5 Å². The van der Waals surface area contributed by atoms with Gasteiger partial charge in [0.1, 0.15) is 5.37 Å². The van der Waals surface area contributed by atoms with Crippen LogP contribution in [0.3, 0.4) is 0 Å². The third-order valence-corrected chi connectivity index (χ3v) is 6.86. The Morgan fingerprint density at radius 3 is 2.47 bits per heavy atom. The molecule has 1 aliphatic rings. The minimum Gasteiger partial charge on any atom is -0.326 e. The van der Waals surface area contributed by atoms with E-state index < -0.39 is 0 Å². The van der Waals surface area contributed by atoms with E-state index in [0.717, 1.165) is 28.1 Å². The average molecular weight is 445 g/mol. The van der Waals surface area contributed by atoms with Gasteiger partial charge in [0, 0.05) is 23.4 Å². The van der Waals surface area contributed by atoms with Crippen molar-refractivity contribution < 1.29 is 9.59 Å². The molecule has 1 unspecified atom stereocenters. The van der Waals surface area contributed by atoms with Crippen LogP contribution in [0.4, 0.5) is 11.4 Å². The van der Waals surface area contributed by atoms with E-state index in [0.29, 0.717) is 24.5 Å². The van der Waals surface area contributed by atoms with Crippen LogP contribution in [-0.4, -0.2) is 17.6 Å². The molecule has 1 atom stereocenters. The molecule has 1 N–H and O–H groups in total. The average Bonchev–Trinajstić information content (AvgIpc) is 3.19. The van der Waals surface area contributed by atoms with E-state index in [2.05, 4.69) is 25.2 Å². The van der Waals surface area contributed by atoms with Crippen molar-refractivity contribution in [2.24, 2.45) is 0 Å². The number of amides is 2. The molecule has 32 heavy (non-hydrogen) atoms. The lowest BCUT2D eigenvalue weighted by atomic mass is 10.00. The number of aryl methyl sites for hydroxylation is 1. The molecule has 3 aromatic carbocycles. The first kappa shape index (κ1) is 22.2. The quantitative estimate of drug-likeness (QED) is 0.475. The summed E-state index contributed by atoms with van der Waals surface area (Å²) in [4.78, 5) is 27.6. The summed E-state index contributed by atoms with van der Waals surface area (Å²) >= 11 is 1.60. The van der Waals surface area contributed by atoms with Gasteiger partial charge in [-0.05, 0) is 35.6 Å². The van der Waals surface area contributed by atoms with Crippen LogP contribution in [0.15, 0.2) is 78.9 Å². The maximum atomic E-state index is 12.9. The van der Waals surface area contributed by atoms with Crippen LogP contribution >= 0.6 is 11.8 Å². The second kappa shape index (κ2) is 10.0. The smallest absolute Gasteiger partial charge is 0.238 e. The highest BCUT2D eigenvalue weighted by atomic mass is 32.2. The molecule has 0 spiro atoms. The first-order valence-corrected chi connectivity index (χ1v) is 12.0. The first-order chi connectivity index (χ1) is 15.5. The molecule has 5 heteroatoms. The number of benzene rings is 3. The molecule has 3 aromatic rings. The van der Waals surface area contributed by atoms with Crippen LogP contribution < -0.4 is 10.2 Å². The molecule has 1 saturated heterocycles. The van der Waals surface area contributed by atoms with Crippen molar-refractivity contribution in [2.45, 2.75) is 38.0 Å². The number of carbonyl (C=O) groups is 2. The van der Waals surface area contributed by atoms with Crippen LogP contribution in [0.25, 0.3) is 0 Å². The molecule has 0 aliphatic carbocycles. The van der Waals surface area contributed by atoms with E-state index >= 15 is 0 Å². The second-order valence-electron chi connectivity index (χ2n) is 8.26. The van der Waals surface area contributed by atoms with Crippen LogP contribution in [0.5, 0.6) is 0 Å². The van der Waals surface area contributed by atoms with Crippen molar-refractivity contribution in [2.75, 3.05) is 16.0 Å². The highest BCUT2D eigenvalue weighted by Gasteiger charge is 2.36. The lowest BCUT2D eigenvalue weighted by Gasteiger charge is -2.29. The summed E-state index contributed by atoms with van der Waals surface area (Å²) in [6, 6.07) is 25.9. The normalized spacial score (nSPS) is 15.9. The molecule has 1 fully saturated rings. The van der Waals surface area contributed by atoms with Gasteiger partial charge in [-0.25, -0.2) is 0 Å². The second-order valence-corrected chi connectivity index (χ2v) is 9.33. The van der Waals surface area contributed by atoms with Gasteiger partial charge < -0.3 is 5.32 Å². The maximum Gasteiger partial charge on any atom is 0.238 e. The number of nitrogens with zero attached hydrogens (tertiary/aromatic N) is 1. The van der Waals surface area contributed by atoms with Crippen molar-refractivity contribution >= 4 is 35.0 Å². The molecule has 0 radical (unpaired) electrons. The fourth-order valence-electron chi connectivity index (χ4n) is 4.05. The Morgan fingerprint density at radius 1 is 1.00 bits per heavy atom. The predicted molar refractivity (Wildman–Crippen MR) is 133 cm³/mol. The minimum absolute atomic E-state index is 0.0234. The van der Waals surface area contributed by atoms with Gasteiger partial charge in [0.25, 0.3) is 0 Å². The Kier molecular flexibility index (Phi) is 6.96. The van der Waals surface area contributed by atoms with E-state index in [9.17, 15) is 9.59 Å². The summed E-state index contributed by atoms with van der Waals surface area (Å²) in [6.07, 6.45) is 1.11. The van der Waals surface area contributed by atoms with E-state index in [-0.39, 0.29) is 17.2 Å². The molecule has 0 saturated carbocycles. The third kappa shape index (κ3) is 4.89. The van der Waals surface area contributed by atoms with Crippen LogP contribution in [-0.2, 0) is 16.0 Å². The van der Waals surface area contributed by atoms with Crippen LogP contribution in [0.2, 0.25) is 0 Å². The third-order valence-electron chi connectivity index (χ3n) is 5.67. The Labute approximate surface area is 194 Å². The zero-order valence-electron chi connectivity index (χ0n) is 18.5. The number of hydrogen-bond acceptors (Lipinski definition) is 3. The predicted octanol–water partition coefficient (Wildman–Crippen LogP) is 6.16. The number of carbonyl (C=O) groups excluding carboxylic acids is 2. The Morgan fingerprint density at radius 2 is 1.69 bits per heavy atom. The highest BCUT2D eigenvalue weighted by Crippen LogP contribution is 2.46. The molecule has 164 valence electrons. The first-order valence-electron chi connectivity index (χ1n) is 11.0. The fraction of sp³-hybridized carbons (Fsp3) is 0.259. The Bertz CT molecular complexity index is 1100. The molecule has 0 bridgehead atoms. The van der Waals surface area contributed by atoms with E-state index in [1.54, 1.807) is 11.8 Å². The summed E-state index contributed by atoms with van der Waals surface area (Å²) < 4.78 is 0. The van der Waals surface area contributed by atoms with E-state index in [4.69, 9.17) is 0 Å². The summed E-state index contributed by atoms with van der Waals surface area (Å²) in [5, 5.41) is 2.92. The highest BCUT2D eigenvalue weighted by molar-refractivity contribution is 8.00. The zero-order valence-corrected chi connectivity index (χ0v) is 19.3. The van der Waals surface area contributed by atoms with E-state index in [1.165, 1.54) is 0 Å². The van der Waals surface area contributed by atoms with Gasteiger partial charge in [-0.15, -0.1) is 11.8 Å². The lowest BCUT2D eigenvalue weighted by Crippen LogP contribution is -2.29. The molecule has 2 amide bonds. The minimum atomic E-state index is -0.173. The van der Waals surface area contributed by atoms with Crippen LogP contribution in [0.1, 0.15) is 48.3 Å². The molecular formula is C27H28N2O2S. The molecule has 4 rings (SSSR count). The van der Waals surface area contributed by atoms with Crippen LogP contribution in [0, 0.1) is 0 Å². The van der Waals surface area contributed by atoms with Crippen molar-refractivity contribution in [1.82, 2.24) is 0 Å². The van der Waals surface area contributed by atoms with Gasteiger partial charge in [-0.1, -0.05) is 80.6 Å². The standard InChI is InChI=1S/C27H28N2O2S/c1-19(2)21-12-7-9-15-24(21)29-26(31)18-32-27(29)22-13-6-8-14-23(22)28-25(30)17-16-20-10-4-3-5-11-20/h3-15,19,27H,16-18H2,1-2H3,(H,28,30). The van der Waals surface area contributed by atoms with Gasteiger partial charge >= 0.3 is 0 Å². The number of hydrogen-bond donors (Lipinski definition) is 1. The molecule has 1 heterocycles. The summed E-state index contributed by atoms with van der Waals surface area (Å²) in [5.74, 6) is 0.800. The summed E-state index contributed by atoms with van der Waals surface area (Å²) in [5.41, 5.74) is 4.97. The number of nitrogens with one attached hydrogen (secondary N) is 1. The van der Waals surface area contributed by atoms with Crippen molar-refractivity contribution in [3.05, 3.63) is 95.6 Å². The number of rotatable bonds is 7. The number of anilines is 2.